The number of carbonyl (C=O) groups excluding carboxylic acids is 1. The molecule has 4 rings (SSSR count). The number of rotatable bonds is 7. The highest BCUT2D eigenvalue weighted by Gasteiger charge is 2.40. The Kier molecular flexibility index (Phi) is 6.57. The molecule has 3 aromatic rings. The van der Waals surface area contributed by atoms with Gasteiger partial charge in [0.15, 0.2) is 5.82 Å². The summed E-state index contributed by atoms with van der Waals surface area (Å²) in [5.41, 5.74) is 2.11. The topological polar surface area (TPSA) is 101 Å². The number of aliphatic hydroxyl groups excluding tert-OH is 1. The molecule has 1 aromatic heterocycles. The van der Waals surface area contributed by atoms with Crippen molar-refractivity contribution in [3.05, 3.63) is 76.7 Å². The molecule has 0 saturated carbocycles. The fourth-order valence-corrected chi connectivity index (χ4v) is 4.00. The monoisotopic (exact) mass is 497 g/mol. The molecule has 0 saturated heterocycles. The zero-order chi connectivity index (χ0) is 22.7. The molecule has 2 heterocycles. The van der Waals surface area contributed by atoms with E-state index in [1.165, 1.54) is 0 Å². The second-order valence-electron chi connectivity index (χ2n) is 7.47. The summed E-state index contributed by atoms with van der Waals surface area (Å²) in [5.74, 6) is 1.01. The average molecular weight is 498 g/mol. The number of carbonyl (C=O) groups is 1. The maximum Gasteiger partial charge on any atom is 0.235 e. The van der Waals surface area contributed by atoms with Gasteiger partial charge < -0.3 is 20.5 Å². The number of fused-ring (bicyclic) bond motifs is 1. The van der Waals surface area contributed by atoms with E-state index >= 15 is 0 Å². The lowest BCUT2D eigenvalue weighted by Crippen LogP contribution is -2.39. The first-order chi connectivity index (χ1) is 15.5. The number of hydrogen-bond donors (Lipinski definition) is 3. The Balaban J connectivity index is 1.70. The quantitative estimate of drug-likeness (QED) is 0.459. The number of benzene rings is 2. The van der Waals surface area contributed by atoms with Crippen molar-refractivity contribution < 1.29 is 14.6 Å². The van der Waals surface area contributed by atoms with E-state index in [1.54, 1.807) is 36.1 Å². The van der Waals surface area contributed by atoms with Gasteiger partial charge in [-0.2, -0.15) is 10.1 Å². The largest absolute Gasteiger partial charge is 0.497 e. The molecule has 9 heteroatoms. The molecule has 2 aromatic carbocycles. The van der Waals surface area contributed by atoms with Gasteiger partial charge in [-0.15, -0.1) is 0 Å². The molecule has 1 aliphatic rings. The van der Waals surface area contributed by atoms with E-state index in [0.29, 0.717) is 41.7 Å². The highest BCUT2D eigenvalue weighted by Crippen LogP contribution is 2.38. The van der Waals surface area contributed by atoms with Gasteiger partial charge in [0, 0.05) is 28.9 Å². The maximum absolute atomic E-state index is 13.4. The number of anilines is 2. The van der Waals surface area contributed by atoms with Crippen molar-refractivity contribution in [3.8, 4) is 5.75 Å². The van der Waals surface area contributed by atoms with Crippen molar-refractivity contribution in [3.63, 3.8) is 0 Å². The lowest BCUT2D eigenvalue weighted by atomic mass is 9.88. The molecule has 1 amide bonds. The number of aromatic nitrogens is 3. The summed E-state index contributed by atoms with van der Waals surface area (Å²) < 4.78 is 7.87. The minimum absolute atomic E-state index is 0.0625. The molecule has 32 heavy (non-hydrogen) atoms. The van der Waals surface area contributed by atoms with Gasteiger partial charge in [-0.1, -0.05) is 34.6 Å². The van der Waals surface area contributed by atoms with Gasteiger partial charge in [0.2, 0.25) is 11.9 Å². The van der Waals surface area contributed by atoms with Crippen LogP contribution in [-0.2, 0) is 11.2 Å². The van der Waals surface area contributed by atoms with Gasteiger partial charge >= 0.3 is 0 Å². The van der Waals surface area contributed by atoms with E-state index in [4.69, 9.17) is 9.84 Å². The van der Waals surface area contributed by atoms with Crippen LogP contribution in [0.5, 0.6) is 5.75 Å². The Hall–Kier alpha value is -3.17. The van der Waals surface area contributed by atoms with E-state index in [9.17, 15) is 4.79 Å². The number of methoxy groups -OCH3 is 1. The number of hydrogen-bond acceptors (Lipinski definition) is 6. The van der Waals surface area contributed by atoms with Gasteiger partial charge in [-0.05, 0) is 48.4 Å². The Morgan fingerprint density at radius 3 is 2.62 bits per heavy atom. The van der Waals surface area contributed by atoms with Crippen LogP contribution in [0.1, 0.15) is 23.9 Å². The highest BCUT2D eigenvalue weighted by molar-refractivity contribution is 9.10. The smallest absolute Gasteiger partial charge is 0.235 e. The average Bonchev–Trinajstić information content (AvgIpc) is 3.20. The molecule has 2 atom stereocenters. The Morgan fingerprint density at radius 1 is 1.25 bits per heavy atom. The second kappa shape index (κ2) is 9.54. The number of halogens is 1. The van der Waals surface area contributed by atoms with Gasteiger partial charge in [0.1, 0.15) is 11.7 Å². The minimum Gasteiger partial charge on any atom is -0.497 e. The first-order valence-corrected chi connectivity index (χ1v) is 11.0. The first kappa shape index (κ1) is 22.0. The van der Waals surface area contributed by atoms with E-state index in [-0.39, 0.29) is 12.5 Å². The molecular formula is C23H24BrN5O3. The zero-order valence-electron chi connectivity index (χ0n) is 17.6. The Bertz CT molecular complexity index is 1110. The molecule has 166 valence electrons. The number of aryl methyl sites for hydroxylation is 1. The van der Waals surface area contributed by atoms with E-state index in [1.807, 2.05) is 24.3 Å². The number of nitrogens with zero attached hydrogens (tertiary/aromatic N) is 3. The van der Waals surface area contributed by atoms with Crippen LogP contribution < -0.4 is 15.4 Å². The zero-order valence-corrected chi connectivity index (χ0v) is 19.2. The van der Waals surface area contributed by atoms with Gasteiger partial charge in [0.25, 0.3) is 0 Å². The van der Waals surface area contributed by atoms with Crippen LogP contribution >= 0.6 is 15.9 Å². The summed E-state index contributed by atoms with van der Waals surface area (Å²) >= 11 is 3.47. The summed E-state index contributed by atoms with van der Waals surface area (Å²) in [6.07, 6.45) is 1.11. The van der Waals surface area contributed by atoms with Crippen LogP contribution in [0.25, 0.3) is 0 Å². The van der Waals surface area contributed by atoms with Crippen molar-refractivity contribution >= 4 is 33.5 Å². The third-order valence-corrected chi connectivity index (χ3v) is 5.84. The van der Waals surface area contributed by atoms with Crippen molar-refractivity contribution in [2.75, 3.05) is 24.4 Å². The fourth-order valence-electron chi connectivity index (χ4n) is 3.73. The highest BCUT2D eigenvalue weighted by atomic mass is 79.9. The van der Waals surface area contributed by atoms with Crippen molar-refractivity contribution in [1.29, 1.82) is 0 Å². The van der Waals surface area contributed by atoms with Gasteiger partial charge in [-0.3, -0.25) is 4.79 Å². The summed E-state index contributed by atoms with van der Waals surface area (Å²) in [4.78, 5) is 18.0. The summed E-state index contributed by atoms with van der Waals surface area (Å²) in [7, 11) is 1.60. The molecule has 0 unspecified atom stereocenters. The van der Waals surface area contributed by atoms with Crippen LogP contribution in [0.2, 0.25) is 0 Å². The first-order valence-electron chi connectivity index (χ1n) is 10.2. The van der Waals surface area contributed by atoms with Crippen LogP contribution in [-0.4, -0.2) is 39.5 Å². The number of aliphatic hydroxyl groups is 1. The number of nitrogens with one attached hydrogen (secondary N) is 2. The Morgan fingerprint density at radius 2 is 1.97 bits per heavy atom. The minimum atomic E-state index is -0.627. The standard InChI is InChI=1S/C23H24BrN5O3/c1-14-20(22(31)26-17-9-11-18(32-2)12-10-17)21(15-5-7-16(24)8-6-15)29-23(25-14)27-19(28-29)4-3-13-30/h5-12,20-21,30H,1,3-4,13H2,2H3,(H,26,31)(H,25,27,28)/t20-,21+/m0/s1. The van der Waals surface area contributed by atoms with Crippen molar-refractivity contribution in [1.82, 2.24) is 14.8 Å². The van der Waals surface area contributed by atoms with Crippen LogP contribution in [0.15, 0.2) is 65.3 Å². The molecule has 3 N–H and O–H groups in total. The molecule has 0 fully saturated rings. The SMILES string of the molecule is C=C1Nc2nc(CCCO)nn2[C@H](c2ccc(Br)cc2)[C@H]1C(=O)Nc1ccc(OC)cc1. The van der Waals surface area contributed by atoms with Gasteiger partial charge in [0.05, 0.1) is 13.2 Å². The maximum atomic E-state index is 13.4. The van der Waals surface area contributed by atoms with E-state index < -0.39 is 12.0 Å². The van der Waals surface area contributed by atoms with E-state index in [2.05, 4.69) is 43.2 Å². The normalized spacial score (nSPS) is 17.4. The van der Waals surface area contributed by atoms with Crippen molar-refractivity contribution in [2.45, 2.75) is 18.9 Å². The molecule has 0 aliphatic carbocycles. The summed E-state index contributed by atoms with van der Waals surface area (Å²) in [6, 6.07) is 14.5. The fraction of sp³-hybridized carbons (Fsp3) is 0.261. The molecule has 8 nitrogen and oxygen atoms in total. The predicted octanol–water partition coefficient (Wildman–Crippen LogP) is 3.76. The number of amides is 1. The number of ether oxygens (including phenoxy) is 1. The van der Waals surface area contributed by atoms with Crippen LogP contribution in [0.3, 0.4) is 0 Å². The van der Waals surface area contributed by atoms with Gasteiger partial charge in [-0.25, -0.2) is 4.68 Å². The second-order valence-corrected chi connectivity index (χ2v) is 8.38. The Labute approximate surface area is 194 Å². The van der Waals surface area contributed by atoms with Crippen LogP contribution in [0, 0.1) is 5.92 Å². The molecule has 1 aliphatic heterocycles. The lowest BCUT2D eigenvalue weighted by Gasteiger charge is -2.33. The van der Waals surface area contributed by atoms with Crippen molar-refractivity contribution in [2.24, 2.45) is 5.92 Å². The summed E-state index contributed by atoms with van der Waals surface area (Å²) in [6.45, 7) is 4.19. The third-order valence-electron chi connectivity index (χ3n) is 5.31. The third kappa shape index (κ3) is 4.53. The molecule has 0 spiro atoms. The van der Waals surface area contributed by atoms with E-state index in [0.717, 1.165) is 10.0 Å². The summed E-state index contributed by atoms with van der Waals surface area (Å²) in [5, 5.41) is 19.9. The molecule has 0 radical (unpaired) electrons. The molecular weight excluding hydrogens is 474 g/mol. The molecule has 0 bridgehead atoms. The van der Waals surface area contributed by atoms with Crippen LogP contribution in [0.4, 0.5) is 11.6 Å². The lowest BCUT2D eigenvalue weighted by molar-refractivity contribution is -0.119. The predicted molar refractivity (Wildman–Crippen MR) is 126 cm³/mol.